The summed E-state index contributed by atoms with van der Waals surface area (Å²) in [6.45, 7) is 4.33. The molecule has 0 saturated heterocycles. The minimum atomic E-state index is -0.680. The van der Waals surface area contributed by atoms with Crippen molar-refractivity contribution in [2.75, 3.05) is 13.2 Å². The highest BCUT2D eigenvalue weighted by atomic mass is 16.3. The van der Waals surface area contributed by atoms with Crippen molar-refractivity contribution in [2.45, 2.75) is 45.2 Å². The second-order valence-corrected chi connectivity index (χ2v) is 5.83. The molecule has 0 aliphatic carbocycles. The van der Waals surface area contributed by atoms with Gasteiger partial charge < -0.3 is 19.9 Å². The number of nitrogens with one attached hydrogen (secondary N) is 1. The first-order valence-electron chi connectivity index (χ1n) is 7.59. The van der Waals surface area contributed by atoms with Crippen molar-refractivity contribution < 1.29 is 14.6 Å². The largest absolute Gasteiger partial charge is 0.461 e. The molecule has 116 valence electrons. The van der Waals surface area contributed by atoms with E-state index in [1.165, 1.54) is 0 Å². The minimum absolute atomic E-state index is 0.108. The zero-order valence-electron chi connectivity index (χ0n) is 12.9. The molecule has 2 aromatic rings. The number of aryl methyl sites for hydroxylation is 1. The van der Waals surface area contributed by atoms with Gasteiger partial charge in [0.15, 0.2) is 0 Å². The van der Waals surface area contributed by atoms with Crippen molar-refractivity contribution in [1.29, 1.82) is 0 Å². The molecule has 0 aliphatic rings. The molecule has 0 radical (unpaired) electrons. The monoisotopic (exact) mass is 291 g/mol. The van der Waals surface area contributed by atoms with Crippen LogP contribution in [0.15, 0.2) is 28.7 Å². The van der Waals surface area contributed by atoms with Gasteiger partial charge in [0, 0.05) is 23.9 Å². The molecule has 0 aliphatic heterocycles. The third-order valence-electron chi connectivity index (χ3n) is 3.93. The van der Waals surface area contributed by atoms with Crippen LogP contribution in [-0.2, 0) is 13.0 Å². The van der Waals surface area contributed by atoms with Gasteiger partial charge in [0.05, 0.1) is 18.8 Å². The maximum atomic E-state index is 9.39. The van der Waals surface area contributed by atoms with Crippen LogP contribution in [0.25, 0.3) is 11.0 Å². The normalized spacial score (nSPS) is 12.2. The third-order valence-corrected chi connectivity index (χ3v) is 3.93. The van der Waals surface area contributed by atoms with Crippen LogP contribution in [0.4, 0.5) is 0 Å². The minimum Gasteiger partial charge on any atom is -0.461 e. The number of fused-ring (bicyclic) bond motifs is 1. The van der Waals surface area contributed by atoms with Crippen LogP contribution in [0.3, 0.4) is 0 Å². The van der Waals surface area contributed by atoms with Gasteiger partial charge >= 0.3 is 0 Å². The Hall–Kier alpha value is -1.36. The number of hydrogen-bond donors (Lipinski definition) is 3. The summed E-state index contributed by atoms with van der Waals surface area (Å²) in [7, 11) is 0. The van der Waals surface area contributed by atoms with Crippen molar-refractivity contribution in [2.24, 2.45) is 0 Å². The second-order valence-electron chi connectivity index (χ2n) is 5.83. The fourth-order valence-corrected chi connectivity index (χ4v) is 2.35. The van der Waals surface area contributed by atoms with E-state index in [1.807, 2.05) is 18.2 Å². The Bertz CT molecular complexity index is 572. The lowest BCUT2D eigenvalue weighted by molar-refractivity contribution is 0.103. The molecule has 4 nitrogen and oxygen atoms in total. The van der Waals surface area contributed by atoms with Gasteiger partial charge in [-0.3, -0.25) is 0 Å². The van der Waals surface area contributed by atoms with E-state index in [9.17, 15) is 10.2 Å². The fraction of sp³-hybridized carbons (Fsp3) is 0.529. The predicted molar refractivity (Wildman–Crippen MR) is 84.2 cm³/mol. The summed E-state index contributed by atoms with van der Waals surface area (Å²) in [5.41, 5.74) is 1.35. The van der Waals surface area contributed by atoms with Crippen LogP contribution >= 0.6 is 0 Å². The molecule has 21 heavy (non-hydrogen) atoms. The number of hydrogen-bond acceptors (Lipinski definition) is 4. The molecule has 4 heteroatoms. The van der Waals surface area contributed by atoms with Gasteiger partial charge in [-0.05, 0) is 19.4 Å². The second kappa shape index (κ2) is 7.07. The van der Waals surface area contributed by atoms with E-state index in [0.29, 0.717) is 6.54 Å². The predicted octanol–water partition coefficient (Wildman–Crippen LogP) is 2.61. The van der Waals surface area contributed by atoms with Crippen LogP contribution in [0.5, 0.6) is 0 Å². The van der Waals surface area contributed by atoms with Gasteiger partial charge in [0.1, 0.15) is 11.3 Å². The van der Waals surface area contributed by atoms with Gasteiger partial charge in [-0.25, -0.2) is 0 Å². The number of aliphatic hydroxyl groups is 2. The number of para-hydroxylation sites is 1. The van der Waals surface area contributed by atoms with E-state index >= 15 is 0 Å². The Morgan fingerprint density at radius 2 is 1.90 bits per heavy atom. The van der Waals surface area contributed by atoms with E-state index in [0.717, 1.165) is 41.6 Å². The van der Waals surface area contributed by atoms with E-state index < -0.39 is 5.54 Å². The van der Waals surface area contributed by atoms with Crippen molar-refractivity contribution >= 4 is 11.0 Å². The topological polar surface area (TPSA) is 65.6 Å². The quantitative estimate of drug-likeness (QED) is 0.699. The van der Waals surface area contributed by atoms with E-state index in [2.05, 4.69) is 18.3 Å². The SMILES string of the molecule is CCCCc1oc2ccccc2c1CNC(C)(CO)CO. The van der Waals surface area contributed by atoms with Crippen molar-refractivity contribution in [3.63, 3.8) is 0 Å². The smallest absolute Gasteiger partial charge is 0.134 e. The van der Waals surface area contributed by atoms with Crippen molar-refractivity contribution in [3.05, 3.63) is 35.6 Å². The first-order chi connectivity index (χ1) is 10.1. The molecule has 0 bridgehead atoms. The lowest BCUT2D eigenvalue weighted by atomic mass is 10.0. The molecule has 1 heterocycles. The zero-order valence-corrected chi connectivity index (χ0v) is 12.9. The number of furan rings is 1. The summed E-state index contributed by atoms with van der Waals surface area (Å²) in [4.78, 5) is 0. The van der Waals surface area contributed by atoms with Gasteiger partial charge in [0.2, 0.25) is 0 Å². The molecule has 1 aromatic heterocycles. The van der Waals surface area contributed by atoms with Crippen molar-refractivity contribution in [1.82, 2.24) is 5.32 Å². The summed E-state index contributed by atoms with van der Waals surface area (Å²) < 4.78 is 5.97. The molecule has 0 atom stereocenters. The Kier molecular flexibility index (Phi) is 5.39. The first-order valence-corrected chi connectivity index (χ1v) is 7.59. The molecule has 0 spiro atoms. The maximum absolute atomic E-state index is 9.39. The number of benzene rings is 1. The Labute approximate surface area is 125 Å². The third kappa shape index (κ3) is 3.64. The molecule has 0 unspecified atom stereocenters. The van der Waals surface area contributed by atoms with Crippen LogP contribution < -0.4 is 5.32 Å². The highest BCUT2D eigenvalue weighted by Gasteiger charge is 2.23. The zero-order chi connectivity index (χ0) is 15.3. The van der Waals surface area contributed by atoms with Crippen LogP contribution in [0.1, 0.15) is 38.0 Å². The molecular weight excluding hydrogens is 266 g/mol. The number of aliphatic hydroxyl groups excluding tert-OH is 2. The molecule has 2 rings (SSSR count). The maximum Gasteiger partial charge on any atom is 0.134 e. The Balaban J connectivity index is 2.27. The van der Waals surface area contributed by atoms with E-state index in [-0.39, 0.29) is 13.2 Å². The molecule has 0 saturated carbocycles. The number of rotatable bonds is 8. The van der Waals surface area contributed by atoms with Crippen LogP contribution in [0.2, 0.25) is 0 Å². The van der Waals surface area contributed by atoms with E-state index in [4.69, 9.17) is 4.42 Å². The Morgan fingerprint density at radius 3 is 2.57 bits per heavy atom. The lowest BCUT2D eigenvalue weighted by Gasteiger charge is -2.26. The van der Waals surface area contributed by atoms with E-state index in [1.54, 1.807) is 6.92 Å². The van der Waals surface area contributed by atoms with Crippen LogP contribution in [0, 0.1) is 0 Å². The highest BCUT2D eigenvalue weighted by Crippen LogP contribution is 2.27. The molecule has 0 fully saturated rings. The number of unbranched alkanes of at least 4 members (excludes halogenated alkanes) is 1. The fourth-order valence-electron chi connectivity index (χ4n) is 2.35. The highest BCUT2D eigenvalue weighted by molar-refractivity contribution is 5.82. The van der Waals surface area contributed by atoms with Crippen LogP contribution in [-0.4, -0.2) is 29.0 Å². The summed E-state index contributed by atoms with van der Waals surface area (Å²) in [6.07, 6.45) is 3.12. The van der Waals surface area contributed by atoms with Gasteiger partial charge in [0.25, 0.3) is 0 Å². The standard InChI is InChI=1S/C17H25NO3/c1-3-4-8-16-14(10-18-17(2,11-19)12-20)13-7-5-6-9-15(13)21-16/h5-7,9,18-20H,3-4,8,10-12H2,1-2H3. The average Bonchev–Trinajstić information content (AvgIpc) is 2.88. The summed E-state index contributed by atoms with van der Waals surface area (Å²) >= 11 is 0. The molecule has 1 aromatic carbocycles. The van der Waals surface area contributed by atoms with Gasteiger partial charge in [-0.1, -0.05) is 31.5 Å². The first kappa shape index (κ1) is 16.0. The summed E-state index contributed by atoms with van der Waals surface area (Å²) in [5, 5.41) is 23.1. The average molecular weight is 291 g/mol. The molecular formula is C17H25NO3. The summed E-state index contributed by atoms with van der Waals surface area (Å²) in [5.74, 6) is 1.00. The van der Waals surface area contributed by atoms with Crippen molar-refractivity contribution in [3.8, 4) is 0 Å². The van der Waals surface area contributed by atoms with Gasteiger partial charge in [-0.15, -0.1) is 0 Å². The lowest BCUT2D eigenvalue weighted by Crippen LogP contribution is -2.48. The molecule has 3 N–H and O–H groups in total. The Morgan fingerprint density at radius 1 is 1.19 bits per heavy atom. The van der Waals surface area contributed by atoms with Gasteiger partial charge in [-0.2, -0.15) is 0 Å². The molecule has 0 amide bonds. The summed E-state index contributed by atoms with van der Waals surface area (Å²) in [6, 6.07) is 8.01.